The van der Waals surface area contributed by atoms with E-state index in [4.69, 9.17) is 0 Å². The Morgan fingerprint density at radius 1 is 0.958 bits per heavy atom. The molecular weight excluding hydrogens is 314 g/mol. The van der Waals surface area contributed by atoms with Gasteiger partial charge in [0.2, 0.25) is 0 Å². The molecule has 2 heterocycles. The number of benzene rings is 2. The highest BCUT2D eigenvalue weighted by atomic mass is 19.1. The zero-order chi connectivity index (χ0) is 16.5. The molecule has 0 spiro atoms. The zero-order valence-electron chi connectivity index (χ0n) is 12.2. The number of fused-ring (bicyclic) bond motifs is 1. The van der Waals surface area contributed by atoms with Gasteiger partial charge in [-0.05, 0) is 29.5 Å². The maximum Gasteiger partial charge on any atom is 0.190 e. The van der Waals surface area contributed by atoms with Crippen LogP contribution in [0.5, 0.6) is 0 Å². The fourth-order valence-electron chi connectivity index (χ4n) is 2.34. The number of hydrogen-bond acceptors (Lipinski definition) is 5. The molecule has 0 atom stereocenters. The van der Waals surface area contributed by atoms with E-state index >= 15 is 0 Å². The van der Waals surface area contributed by atoms with Crippen LogP contribution < -0.4 is 5.32 Å². The first-order valence-corrected chi connectivity index (χ1v) is 7.07. The van der Waals surface area contributed by atoms with E-state index in [0.29, 0.717) is 11.0 Å². The summed E-state index contributed by atoms with van der Waals surface area (Å²) in [5.74, 6) is -1.09. The fraction of sp³-hybridized carbons (Fsp3) is 0. The van der Waals surface area contributed by atoms with Gasteiger partial charge in [0.15, 0.2) is 11.5 Å². The Bertz CT molecular complexity index is 1020. The molecule has 0 aliphatic heterocycles. The Morgan fingerprint density at radius 3 is 2.58 bits per heavy atom. The summed E-state index contributed by atoms with van der Waals surface area (Å²) in [4.78, 5) is 0. The highest BCUT2D eigenvalue weighted by molar-refractivity contribution is 5.88. The van der Waals surface area contributed by atoms with Crippen molar-refractivity contribution in [3.05, 3.63) is 66.4 Å². The van der Waals surface area contributed by atoms with Gasteiger partial charge in [-0.1, -0.05) is 18.2 Å². The largest absolute Gasteiger partial charge is 0.336 e. The summed E-state index contributed by atoms with van der Waals surface area (Å²) in [7, 11) is 0. The average Bonchev–Trinajstić information content (AvgIpc) is 3.03. The molecule has 0 aliphatic carbocycles. The van der Waals surface area contributed by atoms with Gasteiger partial charge < -0.3 is 5.32 Å². The minimum atomic E-state index is -0.725. The maximum absolute atomic E-state index is 13.8. The van der Waals surface area contributed by atoms with Gasteiger partial charge >= 0.3 is 0 Å². The quantitative estimate of drug-likeness (QED) is 0.626. The number of para-hydroxylation sites is 1. The number of halogens is 2. The first-order valence-electron chi connectivity index (χ1n) is 7.07. The van der Waals surface area contributed by atoms with Crippen LogP contribution in [0.1, 0.15) is 0 Å². The Hall–Kier alpha value is -3.42. The molecule has 0 amide bonds. The van der Waals surface area contributed by atoms with Crippen molar-refractivity contribution in [2.75, 3.05) is 5.32 Å². The van der Waals surface area contributed by atoms with Crippen molar-refractivity contribution >= 4 is 22.5 Å². The van der Waals surface area contributed by atoms with Crippen molar-refractivity contribution in [2.24, 2.45) is 0 Å². The molecule has 118 valence electrons. The smallest absolute Gasteiger partial charge is 0.190 e. The second kappa shape index (κ2) is 5.65. The molecule has 24 heavy (non-hydrogen) atoms. The number of aromatic nitrogens is 5. The molecule has 4 rings (SSSR count). The number of hydrogen-bond donors (Lipinski definition) is 1. The van der Waals surface area contributed by atoms with E-state index in [1.54, 1.807) is 10.9 Å². The molecule has 0 unspecified atom stereocenters. The summed E-state index contributed by atoms with van der Waals surface area (Å²) in [6.45, 7) is 0. The lowest BCUT2D eigenvalue weighted by Gasteiger charge is -2.07. The van der Waals surface area contributed by atoms with Crippen LogP contribution in [0.2, 0.25) is 0 Å². The Morgan fingerprint density at radius 2 is 1.79 bits per heavy atom. The van der Waals surface area contributed by atoms with Crippen LogP contribution in [0, 0.1) is 11.6 Å². The van der Waals surface area contributed by atoms with Crippen LogP contribution >= 0.6 is 0 Å². The summed E-state index contributed by atoms with van der Waals surface area (Å²) in [5.41, 5.74) is 1.37. The molecule has 0 bridgehead atoms. The Balaban J connectivity index is 1.79. The van der Waals surface area contributed by atoms with Crippen molar-refractivity contribution < 1.29 is 8.78 Å². The van der Waals surface area contributed by atoms with Crippen LogP contribution in [0.3, 0.4) is 0 Å². The van der Waals surface area contributed by atoms with Gasteiger partial charge in [0.05, 0.1) is 23.0 Å². The third-order valence-corrected chi connectivity index (χ3v) is 3.47. The van der Waals surface area contributed by atoms with Gasteiger partial charge in [0.1, 0.15) is 11.6 Å². The number of nitrogens with zero attached hydrogens (tertiary/aromatic N) is 5. The molecule has 0 aliphatic rings. The standard InChI is InChI=1S/C16H10F2N6/c17-10-6-7-14(13(18)8-10)20-15-12-9-19-24(16(12)22-23-21-15)11-4-2-1-3-5-11/h1-9H,(H,20,21,22). The van der Waals surface area contributed by atoms with E-state index in [1.807, 2.05) is 30.3 Å². The van der Waals surface area contributed by atoms with Crippen LogP contribution in [-0.2, 0) is 0 Å². The van der Waals surface area contributed by atoms with Crippen LogP contribution in [0.25, 0.3) is 16.7 Å². The third-order valence-electron chi connectivity index (χ3n) is 3.47. The average molecular weight is 324 g/mol. The van der Waals surface area contributed by atoms with Gasteiger partial charge in [0, 0.05) is 6.07 Å². The van der Waals surface area contributed by atoms with Crippen LogP contribution in [0.4, 0.5) is 20.3 Å². The molecule has 2 aromatic heterocycles. The lowest BCUT2D eigenvalue weighted by Crippen LogP contribution is -2.02. The van der Waals surface area contributed by atoms with E-state index in [9.17, 15) is 8.78 Å². The van der Waals surface area contributed by atoms with Gasteiger partial charge in [-0.25, -0.2) is 13.5 Å². The highest BCUT2D eigenvalue weighted by Crippen LogP contribution is 2.25. The molecular formula is C16H10F2N6. The molecule has 8 heteroatoms. The van der Waals surface area contributed by atoms with Gasteiger partial charge in [-0.15, -0.1) is 10.2 Å². The zero-order valence-corrected chi connectivity index (χ0v) is 12.2. The lowest BCUT2D eigenvalue weighted by atomic mass is 10.3. The van der Waals surface area contributed by atoms with Gasteiger partial charge in [-0.2, -0.15) is 5.10 Å². The van der Waals surface area contributed by atoms with E-state index in [1.165, 1.54) is 6.07 Å². The molecule has 4 aromatic rings. The molecule has 0 saturated carbocycles. The first kappa shape index (κ1) is 14.2. The van der Waals surface area contributed by atoms with Gasteiger partial charge in [0.25, 0.3) is 0 Å². The topological polar surface area (TPSA) is 68.5 Å². The molecule has 6 nitrogen and oxygen atoms in total. The van der Waals surface area contributed by atoms with Crippen molar-refractivity contribution in [1.29, 1.82) is 0 Å². The van der Waals surface area contributed by atoms with Gasteiger partial charge in [-0.3, -0.25) is 0 Å². The third kappa shape index (κ3) is 2.43. The first-order chi connectivity index (χ1) is 11.7. The van der Waals surface area contributed by atoms with Crippen molar-refractivity contribution in [1.82, 2.24) is 25.2 Å². The maximum atomic E-state index is 13.8. The summed E-state index contributed by atoms with van der Waals surface area (Å²) in [5, 5.41) is 19.2. The summed E-state index contributed by atoms with van der Waals surface area (Å²) < 4.78 is 28.4. The van der Waals surface area contributed by atoms with Crippen molar-refractivity contribution in [2.45, 2.75) is 0 Å². The van der Waals surface area contributed by atoms with E-state index < -0.39 is 11.6 Å². The second-order valence-corrected chi connectivity index (χ2v) is 5.02. The predicted molar refractivity (Wildman–Crippen MR) is 84.1 cm³/mol. The normalized spacial score (nSPS) is 10.9. The molecule has 1 N–H and O–H groups in total. The fourth-order valence-corrected chi connectivity index (χ4v) is 2.34. The monoisotopic (exact) mass is 324 g/mol. The summed E-state index contributed by atoms with van der Waals surface area (Å²) >= 11 is 0. The van der Waals surface area contributed by atoms with Crippen molar-refractivity contribution in [3.8, 4) is 5.69 Å². The van der Waals surface area contributed by atoms with E-state index in [0.717, 1.165) is 17.8 Å². The van der Waals surface area contributed by atoms with E-state index in [2.05, 4.69) is 25.8 Å². The Labute approximate surface area is 134 Å². The summed E-state index contributed by atoms with van der Waals surface area (Å²) in [6.07, 6.45) is 1.56. The molecule has 0 saturated heterocycles. The molecule has 0 radical (unpaired) electrons. The van der Waals surface area contributed by atoms with Crippen LogP contribution in [-0.4, -0.2) is 25.2 Å². The minimum Gasteiger partial charge on any atom is -0.336 e. The molecule has 0 fully saturated rings. The molecule has 2 aromatic carbocycles. The highest BCUT2D eigenvalue weighted by Gasteiger charge is 2.13. The van der Waals surface area contributed by atoms with E-state index in [-0.39, 0.29) is 11.5 Å². The number of rotatable bonds is 3. The second-order valence-electron chi connectivity index (χ2n) is 5.02. The predicted octanol–water partition coefficient (Wildman–Crippen LogP) is 3.23. The Kier molecular flexibility index (Phi) is 3.34. The SMILES string of the molecule is Fc1ccc(Nc2nnnc3c2cnn3-c2ccccc2)c(F)c1. The number of anilines is 2. The number of nitrogens with one attached hydrogen (secondary N) is 1. The minimum absolute atomic E-state index is 0.0886. The lowest BCUT2D eigenvalue weighted by molar-refractivity contribution is 0.586. The summed E-state index contributed by atoms with van der Waals surface area (Å²) in [6, 6.07) is 12.6. The van der Waals surface area contributed by atoms with Crippen molar-refractivity contribution in [3.63, 3.8) is 0 Å². The van der Waals surface area contributed by atoms with Crippen LogP contribution in [0.15, 0.2) is 54.7 Å².